The van der Waals surface area contributed by atoms with Gasteiger partial charge in [-0.25, -0.2) is 0 Å². The second-order valence-electron chi connectivity index (χ2n) is 5.37. The molecule has 0 fully saturated rings. The quantitative estimate of drug-likeness (QED) is 0.819. The van der Waals surface area contributed by atoms with Gasteiger partial charge in [0.1, 0.15) is 0 Å². The fourth-order valence-electron chi connectivity index (χ4n) is 1.76. The molecule has 0 aliphatic heterocycles. The number of aromatic nitrogens is 2. The van der Waals surface area contributed by atoms with Crippen LogP contribution in [0.1, 0.15) is 51.5 Å². The molecule has 0 spiro atoms. The third-order valence-electron chi connectivity index (χ3n) is 2.76. The Kier molecular flexibility index (Phi) is 3.76. The van der Waals surface area contributed by atoms with Crippen LogP contribution >= 0.6 is 0 Å². The van der Waals surface area contributed by atoms with Crippen molar-refractivity contribution in [3.63, 3.8) is 0 Å². The molecule has 1 rings (SSSR count). The van der Waals surface area contributed by atoms with Gasteiger partial charge in [0, 0.05) is 30.3 Å². The Labute approximate surface area is 97.5 Å². The molecule has 0 aliphatic carbocycles. The van der Waals surface area contributed by atoms with Crippen LogP contribution in [-0.2, 0) is 12.5 Å². The van der Waals surface area contributed by atoms with Crippen LogP contribution in [-0.4, -0.2) is 20.9 Å². The minimum Gasteiger partial charge on any atom is -0.387 e. The van der Waals surface area contributed by atoms with Crippen molar-refractivity contribution in [2.45, 2.75) is 51.7 Å². The van der Waals surface area contributed by atoms with E-state index in [1.165, 1.54) is 0 Å². The number of hydrogen-bond donors (Lipinski definition) is 2. The van der Waals surface area contributed by atoms with Crippen LogP contribution in [0.25, 0.3) is 0 Å². The lowest BCUT2D eigenvalue weighted by molar-refractivity contribution is 0.142. The van der Waals surface area contributed by atoms with Gasteiger partial charge in [0.05, 0.1) is 11.8 Å². The monoisotopic (exact) mass is 225 g/mol. The number of nitrogens with zero attached hydrogens (tertiary/aromatic N) is 2. The lowest BCUT2D eigenvalue weighted by atomic mass is 9.86. The van der Waals surface area contributed by atoms with Crippen molar-refractivity contribution in [3.8, 4) is 0 Å². The van der Waals surface area contributed by atoms with Crippen molar-refractivity contribution in [1.29, 1.82) is 0 Å². The molecule has 4 nitrogen and oxygen atoms in total. The van der Waals surface area contributed by atoms with Crippen LogP contribution in [0.3, 0.4) is 0 Å². The summed E-state index contributed by atoms with van der Waals surface area (Å²) in [6, 6.07) is -0.231. The van der Waals surface area contributed by atoms with Gasteiger partial charge in [-0.15, -0.1) is 0 Å². The molecular formula is C12H23N3O. The normalized spacial score (nSPS) is 16.2. The lowest BCUT2D eigenvalue weighted by Crippen LogP contribution is -2.29. The van der Waals surface area contributed by atoms with Crippen molar-refractivity contribution in [3.05, 3.63) is 17.5 Å². The second-order valence-corrected chi connectivity index (χ2v) is 5.37. The molecule has 0 amide bonds. The summed E-state index contributed by atoms with van der Waals surface area (Å²) in [6.45, 7) is 8.23. The average molecular weight is 225 g/mol. The average Bonchev–Trinajstić information content (AvgIpc) is 2.57. The first-order valence-electron chi connectivity index (χ1n) is 5.75. The molecule has 2 unspecified atom stereocenters. The van der Waals surface area contributed by atoms with Gasteiger partial charge in [0.15, 0.2) is 0 Å². The minimum absolute atomic E-state index is 0.0783. The van der Waals surface area contributed by atoms with Crippen molar-refractivity contribution in [1.82, 2.24) is 9.78 Å². The maximum atomic E-state index is 10.2. The van der Waals surface area contributed by atoms with E-state index in [1.807, 2.05) is 20.2 Å². The predicted octanol–water partition coefficient (Wildman–Crippen LogP) is 1.49. The summed E-state index contributed by atoms with van der Waals surface area (Å²) in [6.07, 6.45) is 1.98. The van der Waals surface area contributed by atoms with E-state index >= 15 is 0 Å². The molecule has 0 aliphatic rings. The molecule has 0 bridgehead atoms. The van der Waals surface area contributed by atoms with Crippen LogP contribution in [0, 0.1) is 0 Å². The highest BCUT2D eigenvalue weighted by Crippen LogP contribution is 2.29. The SMILES string of the molecule is CCC(N)C(O)c1cn(C)nc1C(C)(C)C. The maximum Gasteiger partial charge on any atom is 0.0973 e. The fourth-order valence-corrected chi connectivity index (χ4v) is 1.76. The number of aliphatic hydroxyl groups is 1. The largest absolute Gasteiger partial charge is 0.387 e. The summed E-state index contributed by atoms with van der Waals surface area (Å²) in [5.41, 5.74) is 7.58. The number of aryl methyl sites for hydroxylation is 1. The molecule has 2 atom stereocenters. The standard InChI is InChI=1S/C12H23N3O/c1-6-9(13)10(16)8-7-15(5)14-11(8)12(2,3)4/h7,9-10,16H,6,13H2,1-5H3. The van der Waals surface area contributed by atoms with Crippen molar-refractivity contribution in [2.75, 3.05) is 0 Å². The molecule has 3 N–H and O–H groups in total. The van der Waals surface area contributed by atoms with Crippen LogP contribution in [0.5, 0.6) is 0 Å². The number of nitrogens with two attached hydrogens (primary N) is 1. The Balaban J connectivity index is 3.13. The van der Waals surface area contributed by atoms with Gasteiger partial charge in [-0.1, -0.05) is 27.7 Å². The molecule has 1 aromatic rings. The van der Waals surface area contributed by atoms with Crippen LogP contribution < -0.4 is 5.73 Å². The predicted molar refractivity (Wildman–Crippen MR) is 65.1 cm³/mol. The molecule has 0 radical (unpaired) electrons. The number of rotatable bonds is 3. The van der Waals surface area contributed by atoms with E-state index in [9.17, 15) is 5.11 Å². The highest BCUT2D eigenvalue weighted by molar-refractivity contribution is 5.27. The van der Waals surface area contributed by atoms with E-state index in [4.69, 9.17) is 5.73 Å². The third kappa shape index (κ3) is 2.62. The molecule has 92 valence electrons. The van der Waals surface area contributed by atoms with Gasteiger partial charge in [-0.05, 0) is 6.42 Å². The second kappa shape index (κ2) is 4.55. The van der Waals surface area contributed by atoms with E-state index in [1.54, 1.807) is 4.68 Å². The molecule has 0 saturated carbocycles. The molecule has 16 heavy (non-hydrogen) atoms. The Bertz CT molecular complexity index is 352. The Morgan fingerprint density at radius 2 is 2.06 bits per heavy atom. The van der Waals surface area contributed by atoms with Crippen LogP contribution in [0.2, 0.25) is 0 Å². The van der Waals surface area contributed by atoms with Crippen LogP contribution in [0.15, 0.2) is 6.20 Å². The lowest BCUT2D eigenvalue weighted by Gasteiger charge is -2.22. The van der Waals surface area contributed by atoms with E-state index in [2.05, 4.69) is 25.9 Å². The fraction of sp³-hybridized carbons (Fsp3) is 0.750. The molecule has 1 heterocycles. The first kappa shape index (κ1) is 13.2. The zero-order valence-corrected chi connectivity index (χ0v) is 10.9. The van der Waals surface area contributed by atoms with Gasteiger partial charge in [0.25, 0.3) is 0 Å². The first-order valence-corrected chi connectivity index (χ1v) is 5.75. The van der Waals surface area contributed by atoms with Gasteiger partial charge in [0.2, 0.25) is 0 Å². The smallest absolute Gasteiger partial charge is 0.0973 e. The summed E-state index contributed by atoms with van der Waals surface area (Å²) in [5.74, 6) is 0. The summed E-state index contributed by atoms with van der Waals surface area (Å²) < 4.78 is 1.74. The van der Waals surface area contributed by atoms with E-state index in [-0.39, 0.29) is 11.5 Å². The van der Waals surface area contributed by atoms with Crippen molar-refractivity contribution in [2.24, 2.45) is 12.8 Å². The first-order chi connectivity index (χ1) is 7.27. The Hall–Kier alpha value is -0.870. The molecule has 1 aromatic heterocycles. The van der Waals surface area contributed by atoms with E-state index < -0.39 is 6.10 Å². The number of aliphatic hydroxyl groups excluding tert-OH is 1. The summed E-state index contributed by atoms with van der Waals surface area (Å²) in [7, 11) is 1.86. The zero-order chi connectivity index (χ0) is 12.5. The summed E-state index contributed by atoms with van der Waals surface area (Å²) in [4.78, 5) is 0. The van der Waals surface area contributed by atoms with Crippen molar-refractivity contribution >= 4 is 0 Å². The molecule has 0 aromatic carbocycles. The zero-order valence-electron chi connectivity index (χ0n) is 10.9. The topological polar surface area (TPSA) is 64.1 Å². The van der Waals surface area contributed by atoms with Gasteiger partial charge in [-0.2, -0.15) is 5.10 Å². The maximum absolute atomic E-state index is 10.2. The third-order valence-corrected chi connectivity index (χ3v) is 2.76. The van der Waals surface area contributed by atoms with Crippen molar-refractivity contribution < 1.29 is 5.11 Å². The summed E-state index contributed by atoms with van der Waals surface area (Å²) in [5, 5.41) is 14.6. The number of hydrogen-bond acceptors (Lipinski definition) is 3. The van der Waals surface area contributed by atoms with Gasteiger partial charge >= 0.3 is 0 Å². The molecule has 4 heteroatoms. The molecular weight excluding hydrogens is 202 g/mol. The Morgan fingerprint density at radius 1 is 1.50 bits per heavy atom. The highest BCUT2D eigenvalue weighted by atomic mass is 16.3. The molecule has 0 saturated heterocycles. The highest BCUT2D eigenvalue weighted by Gasteiger charge is 2.27. The van der Waals surface area contributed by atoms with E-state index in [0.29, 0.717) is 0 Å². The Morgan fingerprint density at radius 3 is 2.50 bits per heavy atom. The summed E-state index contributed by atoms with van der Waals surface area (Å²) >= 11 is 0. The minimum atomic E-state index is -0.632. The van der Waals surface area contributed by atoms with Gasteiger partial charge < -0.3 is 10.8 Å². The van der Waals surface area contributed by atoms with Gasteiger partial charge in [-0.3, -0.25) is 4.68 Å². The van der Waals surface area contributed by atoms with E-state index in [0.717, 1.165) is 17.7 Å². The van der Waals surface area contributed by atoms with Crippen LogP contribution in [0.4, 0.5) is 0 Å².